The van der Waals surface area contributed by atoms with Gasteiger partial charge in [-0.2, -0.15) is 13.2 Å². The van der Waals surface area contributed by atoms with Crippen molar-refractivity contribution in [2.24, 2.45) is 16.8 Å². The third-order valence-electron chi connectivity index (χ3n) is 4.47. The molecule has 0 saturated carbocycles. The second-order valence-electron chi connectivity index (χ2n) is 6.07. The SMILES string of the molecule is CCC(CC)C1CCN(C(=NC)NCCCOCC(F)(F)F)C1.I. The number of hydrogen-bond acceptors (Lipinski definition) is 2. The molecular weight excluding hydrogens is 434 g/mol. The third-order valence-corrected chi connectivity index (χ3v) is 4.47. The molecule has 1 heterocycles. The molecule has 1 unspecified atom stereocenters. The van der Waals surface area contributed by atoms with E-state index in [-0.39, 0.29) is 30.6 Å². The van der Waals surface area contributed by atoms with Gasteiger partial charge in [-0.05, 0) is 24.7 Å². The van der Waals surface area contributed by atoms with E-state index < -0.39 is 12.8 Å². The number of likely N-dealkylation sites (tertiary alicyclic amines) is 1. The van der Waals surface area contributed by atoms with Gasteiger partial charge in [0.1, 0.15) is 6.61 Å². The lowest BCUT2D eigenvalue weighted by atomic mass is 9.87. The molecular formula is C16H31F3IN3O. The second kappa shape index (κ2) is 12.2. The summed E-state index contributed by atoms with van der Waals surface area (Å²) in [4.78, 5) is 6.53. The van der Waals surface area contributed by atoms with Crippen LogP contribution in [0.4, 0.5) is 13.2 Å². The first-order valence-electron chi connectivity index (χ1n) is 8.51. The van der Waals surface area contributed by atoms with Crippen LogP contribution in [0.5, 0.6) is 0 Å². The molecule has 1 saturated heterocycles. The number of rotatable bonds is 8. The molecule has 144 valence electrons. The number of hydrogen-bond donors (Lipinski definition) is 1. The van der Waals surface area contributed by atoms with Crippen molar-refractivity contribution in [3.8, 4) is 0 Å². The molecule has 0 spiro atoms. The van der Waals surface area contributed by atoms with Crippen LogP contribution in [0.3, 0.4) is 0 Å². The Balaban J connectivity index is 0.00000529. The normalized spacial score (nSPS) is 18.9. The number of aliphatic imine (C=N–C) groups is 1. The number of halogens is 4. The van der Waals surface area contributed by atoms with Crippen molar-refractivity contribution in [2.45, 2.75) is 45.7 Å². The summed E-state index contributed by atoms with van der Waals surface area (Å²) >= 11 is 0. The third kappa shape index (κ3) is 8.73. The first-order chi connectivity index (χ1) is 10.9. The lowest BCUT2D eigenvalue weighted by molar-refractivity contribution is -0.173. The summed E-state index contributed by atoms with van der Waals surface area (Å²) in [6.07, 6.45) is -0.126. The van der Waals surface area contributed by atoms with Gasteiger partial charge in [0, 0.05) is 33.3 Å². The minimum atomic E-state index is -4.25. The maximum absolute atomic E-state index is 11.9. The van der Waals surface area contributed by atoms with Crippen molar-refractivity contribution in [1.82, 2.24) is 10.2 Å². The molecule has 0 aromatic rings. The van der Waals surface area contributed by atoms with E-state index >= 15 is 0 Å². The van der Waals surface area contributed by atoms with Crippen LogP contribution in [0.2, 0.25) is 0 Å². The molecule has 4 nitrogen and oxygen atoms in total. The molecule has 8 heteroatoms. The van der Waals surface area contributed by atoms with Gasteiger partial charge in [0.2, 0.25) is 0 Å². The highest BCUT2D eigenvalue weighted by Crippen LogP contribution is 2.28. The van der Waals surface area contributed by atoms with Crippen LogP contribution in [0, 0.1) is 11.8 Å². The number of ether oxygens (including phenoxy) is 1. The number of nitrogens with one attached hydrogen (secondary N) is 1. The minimum absolute atomic E-state index is 0. The summed E-state index contributed by atoms with van der Waals surface area (Å²) in [5, 5.41) is 3.22. The molecule has 1 aliphatic heterocycles. The van der Waals surface area contributed by atoms with E-state index in [1.54, 1.807) is 7.05 Å². The Morgan fingerprint density at radius 1 is 1.33 bits per heavy atom. The van der Waals surface area contributed by atoms with Crippen LogP contribution < -0.4 is 5.32 Å². The molecule has 0 radical (unpaired) electrons. The topological polar surface area (TPSA) is 36.9 Å². The first kappa shape index (κ1) is 23.8. The van der Waals surface area contributed by atoms with E-state index in [9.17, 15) is 13.2 Å². The Bertz CT molecular complexity index is 363. The predicted molar refractivity (Wildman–Crippen MR) is 102 cm³/mol. The zero-order valence-corrected chi connectivity index (χ0v) is 17.2. The molecule has 24 heavy (non-hydrogen) atoms. The van der Waals surface area contributed by atoms with Crippen molar-refractivity contribution in [2.75, 3.05) is 39.9 Å². The zero-order chi connectivity index (χ0) is 17.3. The molecule has 1 atom stereocenters. The van der Waals surface area contributed by atoms with Gasteiger partial charge < -0.3 is 15.0 Å². The van der Waals surface area contributed by atoms with E-state index in [2.05, 4.69) is 33.8 Å². The van der Waals surface area contributed by atoms with Crippen LogP contribution >= 0.6 is 24.0 Å². The smallest absolute Gasteiger partial charge is 0.372 e. The molecule has 1 N–H and O–H groups in total. The first-order valence-corrected chi connectivity index (χ1v) is 8.51. The summed E-state index contributed by atoms with van der Waals surface area (Å²) in [6, 6.07) is 0. The number of nitrogens with zero attached hydrogens (tertiary/aromatic N) is 2. The van der Waals surface area contributed by atoms with Crippen molar-refractivity contribution in [3.63, 3.8) is 0 Å². The lowest BCUT2D eigenvalue weighted by Crippen LogP contribution is -2.41. The van der Waals surface area contributed by atoms with Gasteiger partial charge in [-0.25, -0.2) is 0 Å². The fraction of sp³-hybridized carbons (Fsp3) is 0.938. The molecule has 0 amide bonds. The highest BCUT2D eigenvalue weighted by Gasteiger charge is 2.29. The van der Waals surface area contributed by atoms with Crippen LogP contribution in [0.25, 0.3) is 0 Å². The van der Waals surface area contributed by atoms with Crippen LogP contribution in [0.1, 0.15) is 39.5 Å². The Hall–Kier alpha value is -0.250. The monoisotopic (exact) mass is 465 g/mol. The molecule has 0 aromatic carbocycles. The van der Waals surface area contributed by atoms with Crippen molar-refractivity contribution >= 4 is 29.9 Å². The molecule has 1 fully saturated rings. The Labute approximate surface area is 160 Å². The van der Waals surface area contributed by atoms with Gasteiger partial charge in [-0.3, -0.25) is 4.99 Å². The summed E-state index contributed by atoms with van der Waals surface area (Å²) in [7, 11) is 1.74. The second-order valence-corrected chi connectivity index (χ2v) is 6.07. The average molecular weight is 465 g/mol. The Kier molecular flexibility index (Phi) is 12.0. The highest BCUT2D eigenvalue weighted by molar-refractivity contribution is 14.0. The van der Waals surface area contributed by atoms with Crippen LogP contribution in [0.15, 0.2) is 4.99 Å². The Morgan fingerprint density at radius 3 is 2.54 bits per heavy atom. The predicted octanol–water partition coefficient (Wildman–Crippen LogP) is 3.91. The zero-order valence-electron chi connectivity index (χ0n) is 14.9. The minimum Gasteiger partial charge on any atom is -0.372 e. The Morgan fingerprint density at radius 2 is 2.00 bits per heavy atom. The standard InChI is InChI=1S/C16H30F3N3O.HI/c1-4-13(5-2)14-7-9-22(11-14)15(20-3)21-8-6-10-23-12-16(17,18)19;/h13-14H,4-12H2,1-3H3,(H,20,21);1H. The van der Waals surface area contributed by atoms with E-state index in [0.717, 1.165) is 25.0 Å². The summed E-state index contributed by atoms with van der Waals surface area (Å²) in [5.41, 5.74) is 0. The molecule has 1 rings (SSSR count). The van der Waals surface area contributed by atoms with Crippen LogP contribution in [-0.2, 0) is 4.74 Å². The van der Waals surface area contributed by atoms with E-state index in [0.29, 0.717) is 18.9 Å². The molecule has 0 aromatic heterocycles. The van der Waals surface area contributed by atoms with E-state index in [4.69, 9.17) is 0 Å². The molecule has 0 bridgehead atoms. The highest BCUT2D eigenvalue weighted by atomic mass is 127. The van der Waals surface area contributed by atoms with Crippen LogP contribution in [-0.4, -0.2) is 56.9 Å². The van der Waals surface area contributed by atoms with Gasteiger partial charge >= 0.3 is 6.18 Å². The molecule has 1 aliphatic rings. The number of guanidine groups is 1. The quantitative estimate of drug-likeness (QED) is 0.256. The number of alkyl halides is 3. The lowest BCUT2D eigenvalue weighted by Gasteiger charge is -2.24. The van der Waals surface area contributed by atoms with Crippen molar-refractivity contribution in [3.05, 3.63) is 0 Å². The summed E-state index contributed by atoms with van der Waals surface area (Å²) < 4.78 is 40.4. The van der Waals surface area contributed by atoms with Gasteiger partial charge in [-0.1, -0.05) is 26.7 Å². The van der Waals surface area contributed by atoms with Crippen molar-refractivity contribution < 1.29 is 17.9 Å². The van der Waals surface area contributed by atoms with Gasteiger partial charge in [0.05, 0.1) is 0 Å². The average Bonchev–Trinajstić information content (AvgIpc) is 2.96. The van der Waals surface area contributed by atoms with Gasteiger partial charge in [-0.15, -0.1) is 24.0 Å². The summed E-state index contributed by atoms with van der Waals surface area (Å²) in [5.74, 6) is 2.31. The maximum Gasteiger partial charge on any atom is 0.411 e. The van der Waals surface area contributed by atoms with Gasteiger partial charge in [0.25, 0.3) is 0 Å². The fourth-order valence-corrected chi connectivity index (χ4v) is 3.21. The van der Waals surface area contributed by atoms with E-state index in [1.165, 1.54) is 19.3 Å². The fourth-order valence-electron chi connectivity index (χ4n) is 3.21. The largest absolute Gasteiger partial charge is 0.411 e. The maximum atomic E-state index is 11.9. The molecule has 0 aliphatic carbocycles. The van der Waals surface area contributed by atoms with E-state index in [1.807, 2.05) is 0 Å². The summed E-state index contributed by atoms with van der Waals surface area (Å²) in [6.45, 7) is 5.97. The van der Waals surface area contributed by atoms with Crippen molar-refractivity contribution in [1.29, 1.82) is 0 Å². The van der Waals surface area contributed by atoms with Gasteiger partial charge in [0.15, 0.2) is 5.96 Å².